The predicted octanol–water partition coefficient (Wildman–Crippen LogP) is 1.91. The van der Waals surface area contributed by atoms with E-state index in [1.54, 1.807) is 28.6 Å². The molecule has 0 radical (unpaired) electrons. The number of fused-ring (bicyclic) bond motifs is 1. The molecule has 152 valence electrons. The van der Waals surface area contributed by atoms with Gasteiger partial charge in [-0.25, -0.2) is 4.98 Å². The van der Waals surface area contributed by atoms with Gasteiger partial charge in [-0.3, -0.25) is 9.69 Å². The molecule has 4 rings (SSSR count). The molecule has 2 aliphatic rings. The van der Waals surface area contributed by atoms with Gasteiger partial charge in [0, 0.05) is 38.2 Å². The zero-order valence-corrected chi connectivity index (χ0v) is 17.1. The average molecular weight is 407 g/mol. The lowest BCUT2D eigenvalue weighted by molar-refractivity contribution is -0.0615. The summed E-state index contributed by atoms with van der Waals surface area (Å²) in [5.74, 6) is 0.182. The molecule has 3 atom stereocenters. The molecule has 2 heterocycles. The van der Waals surface area contributed by atoms with Crippen molar-refractivity contribution < 1.29 is 14.6 Å². The van der Waals surface area contributed by atoms with E-state index in [1.165, 1.54) is 0 Å². The van der Waals surface area contributed by atoms with Crippen LogP contribution in [0.1, 0.15) is 29.9 Å². The molecule has 0 unspecified atom stereocenters. The normalized spacial score (nSPS) is 26.5. The molecule has 1 aliphatic heterocycles. The number of aliphatic hydroxyl groups excluding tert-OH is 1. The summed E-state index contributed by atoms with van der Waals surface area (Å²) in [4.78, 5) is 21.7. The number of morpholine rings is 1. The number of hydrogen-bond donors (Lipinski definition) is 1. The summed E-state index contributed by atoms with van der Waals surface area (Å²) < 4.78 is 7.23. The van der Waals surface area contributed by atoms with E-state index in [1.807, 2.05) is 13.1 Å². The molecule has 2 aromatic rings. The third-order valence-electron chi connectivity index (χ3n) is 6.15. The van der Waals surface area contributed by atoms with Crippen molar-refractivity contribution in [1.82, 2.24) is 19.4 Å². The first-order chi connectivity index (χ1) is 13.5. The Bertz CT molecular complexity index is 864. The Hall–Kier alpha value is -1.67. The number of imidazole rings is 1. The molecule has 1 amide bonds. The fraction of sp³-hybridized carbons (Fsp3) is 0.600. The summed E-state index contributed by atoms with van der Waals surface area (Å²) in [7, 11) is 3.60. The lowest BCUT2D eigenvalue weighted by Gasteiger charge is -2.45. The Labute approximate surface area is 169 Å². The molecule has 7 nitrogen and oxygen atoms in total. The second kappa shape index (κ2) is 7.99. The fourth-order valence-electron chi connectivity index (χ4n) is 4.54. The number of aromatic nitrogens is 2. The Morgan fingerprint density at radius 1 is 1.32 bits per heavy atom. The quantitative estimate of drug-likeness (QED) is 0.843. The average Bonchev–Trinajstić information content (AvgIpc) is 3.03. The topological polar surface area (TPSA) is 70.8 Å². The van der Waals surface area contributed by atoms with Gasteiger partial charge < -0.3 is 19.3 Å². The lowest BCUT2D eigenvalue weighted by Crippen LogP contribution is -2.58. The number of likely N-dealkylation sites (N-methyl/N-ethyl adjacent to an activating group) is 1. The highest BCUT2D eigenvalue weighted by Gasteiger charge is 2.39. The van der Waals surface area contributed by atoms with E-state index in [0.29, 0.717) is 29.6 Å². The van der Waals surface area contributed by atoms with Gasteiger partial charge in [-0.05, 0) is 37.5 Å². The van der Waals surface area contributed by atoms with E-state index in [-0.39, 0.29) is 18.0 Å². The molecular weight excluding hydrogens is 380 g/mol. The molecular formula is C20H27ClN4O3. The van der Waals surface area contributed by atoms with E-state index in [9.17, 15) is 9.90 Å². The van der Waals surface area contributed by atoms with Crippen molar-refractivity contribution in [2.24, 2.45) is 7.05 Å². The fourth-order valence-corrected chi connectivity index (χ4v) is 4.70. The first-order valence-electron chi connectivity index (χ1n) is 9.86. The lowest BCUT2D eigenvalue weighted by atomic mass is 9.86. The van der Waals surface area contributed by atoms with Crippen LogP contribution in [0.5, 0.6) is 0 Å². The van der Waals surface area contributed by atoms with Crippen LogP contribution in [0, 0.1) is 0 Å². The Morgan fingerprint density at radius 3 is 2.82 bits per heavy atom. The molecule has 0 bridgehead atoms. The zero-order valence-electron chi connectivity index (χ0n) is 16.3. The van der Waals surface area contributed by atoms with E-state index in [4.69, 9.17) is 16.3 Å². The molecule has 1 aliphatic carbocycles. The number of nitrogens with zero attached hydrogens (tertiary/aromatic N) is 4. The third kappa shape index (κ3) is 3.52. The molecule has 28 heavy (non-hydrogen) atoms. The maximum Gasteiger partial charge on any atom is 0.289 e. The minimum absolute atomic E-state index is 0.0668. The number of carbonyl (C=O) groups is 1. The molecule has 2 fully saturated rings. The molecule has 1 saturated carbocycles. The number of aryl methyl sites for hydroxylation is 1. The van der Waals surface area contributed by atoms with Gasteiger partial charge in [0.15, 0.2) is 5.82 Å². The monoisotopic (exact) mass is 406 g/mol. The summed E-state index contributed by atoms with van der Waals surface area (Å²) >= 11 is 6.06. The molecule has 1 N–H and O–H groups in total. The highest BCUT2D eigenvalue weighted by Crippen LogP contribution is 2.28. The van der Waals surface area contributed by atoms with Crippen molar-refractivity contribution in [3.8, 4) is 0 Å². The van der Waals surface area contributed by atoms with E-state index >= 15 is 0 Å². The Morgan fingerprint density at radius 2 is 2.07 bits per heavy atom. The number of benzene rings is 1. The van der Waals surface area contributed by atoms with Crippen molar-refractivity contribution in [2.75, 3.05) is 33.4 Å². The number of rotatable bonds is 3. The van der Waals surface area contributed by atoms with Gasteiger partial charge in [0.2, 0.25) is 0 Å². The van der Waals surface area contributed by atoms with Crippen molar-refractivity contribution in [1.29, 1.82) is 0 Å². The third-order valence-corrected chi connectivity index (χ3v) is 6.39. The van der Waals surface area contributed by atoms with Crippen LogP contribution in [-0.2, 0) is 11.8 Å². The number of aliphatic hydroxyl groups is 1. The first kappa shape index (κ1) is 19.6. The Kier molecular flexibility index (Phi) is 5.60. The second-order valence-electron chi connectivity index (χ2n) is 7.75. The van der Waals surface area contributed by atoms with Gasteiger partial charge in [-0.2, -0.15) is 0 Å². The van der Waals surface area contributed by atoms with E-state index in [0.717, 1.165) is 37.9 Å². The highest BCUT2D eigenvalue weighted by molar-refractivity contribution is 6.31. The van der Waals surface area contributed by atoms with Gasteiger partial charge >= 0.3 is 0 Å². The van der Waals surface area contributed by atoms with E-state index in [2.05, 4.69) is 9.88 Å². The predicted molar refractivity (Wildman–Crippen MR) is 108 cm³/mol. The van der Waals surface area contributed by atoms with Gasteiger partial charge in [0.1, 0.15) is 0 Å². The van der Waals surface area contributed by atoms with Crippen LogP contribution in [0.15, 0.2) is 18.2 Å². The SMILES string of the molecule is CN(C(=O)c1nc2cc(Cl)ccc2n1C)[C@@H]1CCC[C@@H](N2CCOCC2)[C@@H]1O. The standard InChI is InChI=1S/C20H27ClN4O3/c1-23-15-7-6-13(21)12-14(15)22-19(23)20(27)24(2)16-4-3-5-17(18(16)26)25-8-10-28-11-9-25/h6-7,12,16-18,26H,3-5,8-11H2,1-2H3/t16-,17-,18-/m1/s1. The van der Waals surface area contributed by atoms with Gasteiger partial charge in [-0.1, -0.05) is 11.6 Å². The van der Waals surface area contributed by atoms with Gasteiger partial charge in [0.25, 0.3) is 5.91 Å². The summed E-state index contributed by atoms with van der Waals surface area (Å²) in [6, 6.07) is 5.26. The van der Waals surface area contributed by atoms with Crippen molar-refractivity contribution >= 4 is 28.5 Å². The minimum Gasteiger partial charge on any atom is -0.389 e. The van der Waals surface area contributed by atoms with Gasteiger partial charge in [0.05, 0.1) is 36.4 Å². The highest BCUT2D eigenvalue weighted by atomic mass is 35.5. The van der Waals surface area contributed by atoms with Crippen molar-refractivity contribution in [2.45, 2.75) is 37.5 Å². The Balaban J connectivity index is 1.55. The number of carbonyl (C=O) groups excluding carboxylic acids is 1. The number of hydrogen-bond acceptors (Lipinski definition) is 5. The molecule has 1 saturated heterocycles. The molecule has 1 aromatic carbocycles. The minimum atomic E-state index is -0.579. The van der Waals surface area contributed by atoms with Crippen LogP contribution in [0.3, 0.4) is 0 Å². The number of ether oxygens (including phenoxy) is 1. The van der Waals surface area contributed by atoms with Crippen molar-refractivity contribution in [3.63, 3.8) is 0 Å². The second-order valence-corrected chi connectivity index (χ2v) is 8.18. The molecule has 1 aromatic heterocycles. The number of halogens is 1. The van der Waals surface area contributed by atoms with Gasteiger partial charge in [-0.15, -0.1) is 0 Å². The van der Waals surface area contributed by atoms with Crippen LogP contribution in [0.4, 0.5) is 0 Å². The maximum absolute atomic E-state index is 13.2. The maximum atomic E-state index is 13.2. The summed E-state index contributed by atoms with van der Waals surface area (Å²) in [5.41, 5.74) is 1.55. The van der Waals surface area contributed by atoms with Crippen molar-refractivity contribution in [3.05, 3.63) is 29.0 Å². The first-order valence-corrected chi connectivity index (χ1v) is 10.2. The smallest absolute Gasteiger partial charge is 0.289 e. The molecule has 0 spiro atoms. The zero-order chi connectivity index (χ0) is 19.8. The number of amides is 1. The van der Waals surface area contributed by atoms with E-state index < -0.39 is 6.10 Å². The summed E-state index contributed by atoms with van der Waals surface area (Å²) in [6.45, 7) is 3.06. The summed E-state index contributed by atoms with van der Waals surface area (Å²) in [5, 5.41) is 11.7. The largest absolute Gasteiger partial charge is 0.389 e. The van der Waals surface area contributed by atoms with Crippen LogP contribution in [-0.4, -0.2) is 81.9 Å². The van der Waals surface area contributed by atoms with Crippen LogP contribution in [0.25, 0.3) is 11.0 Å². The van der Waals surface area contributed by atoms with Crippen LogP contribution >= 0.6 is 11.6 Å². The van der Waals surface area contributed by atoms with Crippen LogP contribution < -0.4 is 0 Å². The van der Waals surface area contributed by atoms with Crippen LogP contribution in [0.2, 0.25) is 5.02 Å². The molecule has 8 heteroatoms. The summed E-state index contributed by atoms with van der Waals surface area (Å²) in [6.07, 6.45) is 2.15.